The number of carbonyl (C=O) groups is 1. The molecule has 0 aromatic carbocycles. The summed E-state index contributed by atoms with van der Waals surface area (Å²) in [5, 5.41) is 11.2. The second kappa shape index (κ2) is 9.94. The van der Waals surface area contributed by atoms with Gasteiger partial charge in [-0.25, -0.2) is 0 Å². The molecule has 29 heavy (non-hydrogen) atoms. The van der Waals surface area contributed by atoms with Crippen LogP contribution >= 0.6 is 24.0 Å². The van der Waals surface area contributed by atoms with Gasteiger partial charge >= 0.3 is 0 Å². The SMILES string of the molecule is C/C=C/C(O[Si](C)(C)C(C)(C)C)C(C)(C)C(O)CC(=O)N1C(=S)SC[C@H]1C(C)C. The first-order chi connectivity index (χ1) is 13.1. The molecule has 0 aromatic heterocycles. The Labute approximate surface area is 189 Å². The zero-order valence-electron chi connectivity index (χ0n) is 19.9. The first-order valence-electron chi connectivity index (χ1n) is 10.5. The van der Waals surface area contributed by atoms with Gasteiger partial charge in [0, 0.05) is 17.2 Å². The fourth-order valence-corrected chi connectivity index (χ4v) is 6.07. The van der Waals surface area contributed by atoms with Crippen LogP contribution in [0.2, 0.25) is 18.1 Å². The third kappa shape index (κ3) is 6.39. The van der Waals surface area contributed by atoms with Gasteiger partial charge in [-0.1, -0.05) is 84.6 Å². The molecule has 1 N–H and O–H groups in total. The number of hydrogen-bond donors (Lipinski definition) is 1. The van der Waals surface area contributed by atoms with E-state index in [1.165, 1.54) is 0 Å². The van der Waals surface area contributed by atoms with Crippen LogP contribution < -0.4 is 0 Å². The quantitative estimate of drug-likeness (QED) is 0.290. The number of aliphatic hydroxyl groups excluding tert-OH is 1. The molecule has 0 radical (unpaired) electrons. The van der Waals surface area contributed by atoms with Crippen molar-refractivity contribution in [2.45, 2.75) is 98.2 Å². The molecule has 1 fully saturated rings. The summed E-state index contributed by atoms with van der Waals surface area (Å²) in [5.74, 6) is 1.07. The minimum absolute atomic E-state index is 0.0475. The number of hydrogen-bond acceptors (Lipinski definition) is 5. The molecule has 2 unspecified atom stereocenters. The summed E-state index contributed by atoms with van der Waals surface area (Å²) in [4.78, 5) is 14.8. The summed E-state index contributed by atoms with van der Waals surface area (Å²) in [7, 11) is -2.05. The number of nitrogens with zero attached hydrogens (tertiary/aromatic N) is 1. The van der Waals surface area contributed by atoms with E-state index in [1.54, 1.807) is 16.7 Å². The Balaban J connectivity index is 3.02. The number of aliphatic hydroxyl groups is 1. The topological polar surface area (TPSA) is 49.8 Å². The van der Waals surface area contributed by atoms with Crippen molar-refractivity contribution in [1.29, 1.82) is 0 Å². The molecule has 1 amide bonds. The van der Waals surface area contributed by atoms with Gasteiger partial charge in [0.15, 0.2) is 8.32 Å². The van der Waals surface area contributed by atoms with E-state index in [1.807, 2.05) is 32.9 Å². The summed E-state index contributed by atoms with van der Waals surface area (Å²) < 4.78 is 7.28. The third-order valence-electron chi connectivity index (χ3n) is 6.50. The largest absolute Gasteiger partial charge is 0.410 e. The van der Waals surface area contributed by atoms with E-state index in [-0.39, 0.29) is 29.5 Å². The predicted molar refractivity (Wildman–Crippen MR) is 132 cm³/mol. The van der Waals surface area contributed by atoms with Gasteiger partial charge in [-0.3, -0.25) is 9.69 Å². The van der Waals surface area contributed by atoms with E-state index in [4.69, 9.17) is 16.6 Å². The van der Waals surface area contributed by atoms with Crippen LogP contribution in [0.4, 0.5) is 0 Å². The lowest BCUT2D eigenvalue weighted by atomic mass is 9.79. The van der Waals surface area contributed by atoms with Crippen molar-refractivity contribution in [3.05, 3.63) is 12.2 Å². The van der Waals surface area contributed by atoms with Crippen molar-refractivity contribution in [3.63, 3.8) is 0 Å². The lowest BCUT2D eigenvalue weighted by molar-refractivity contribution is -0.134. The van der Waals surface area contributed by atoms with Crippen LogP contribution in [0.1, 0.15) is 61.8 Å². The number of allylic oxidation sites excluding steroid dienone is 1. The molecule has 1 aliphatic rings. The number of carbonyl (C=O) groups excluding carboxylic acids is 1. The number of rotatable bonds is 8. The van der Waals surface area contributed by atoms with Crippen molar-refractivity contribution in [1.82, 2.24) is 4.90 Å². The van der Waals surface area contributed by atoms with Crippen LogP contribution in [0.3, 0.4) is 0 Å². The predicted octanol–water partition coefficient (Wildman–Crippen LogP) is 5.62. The normalized spacial score (nSPS) is 21.3. The highest BCUT2D eigenvalue weighted by Crippen LogP contribution is 2.41. The maximum atomic E-state index is 13.1. The van der Waals surface area contributed by atoms with E-state index in [0.29, 0.717) is 10.2 Å². The molecule has 0 spiro atoms. The molecule has 0 bridgehead atoms. The zero-order chi connectivity index (χ0) is 22.8. The first kappa shape index (κ1) is 26.8. The molecule has 168 valence electrons. The minimum atomic E-state index is -2.05. The summed E-state index contributed by atoms with van der Waals surface area (Å²) in [6.45, 7) is 21.2. The van der Waals surface area contributed by atoms with Gasteiger partial charge in [-0.05, 0) is 31.0 Å². The Morgan fingerprint density at radius 3 is 2.34 bits per heavy atom. The average molecular weight is 460 g/mol. The average Bonchev–Trinajstić information content (AvgIpc) is 2.95. The van der Waals surface area contributed by atoms with Crippen LogP contribution in [0.15, 0.2) is 12.2 Å². The van der Waals surface area contributed by atoms with Gasteiger partial charge in [0.1, 0.15) is 4.32 Å². The second-order valence-corrected chi connectivity index (χ2v) is 16.9. The third-order valence-corrected chi connectivity index (χ3v) is 12.5. The Hall–Kier alpha value is -0.213. The molecule has 4 nitrogen and oxygen atoms in total. The molecule has 1 rings (SSSR count). The van der Waals surface area contributed by atoms with Crippen LogP contribution in [-0.4, -0.2) is 52.6 Å². The van der Waals surface area contributed by atoms with E-state index < -0.39 is 19.8 Å². The summed E-state index contributed by atoms with van der Waals surface area (Å²) in [5.41, 5.74) is -0.612. The molecule has 3 atom stereocenters. The molecule has 0 saturated carbocycles. The molecule has 1 saturated heterocycles. The summed E-state index contributed by atoms with van der Waals surface area (Å²) in [6.07, 6.45) is 2.93. The fourth-order valence-electron chi connectivity index (χ4n) is 3.04. The Kier molecular flexibility index (Phi) is 9.19. The van der Waals surface area contributed by atoms with Crippen molar-refractivity contribution >= 4 is 42.5 Å². The summed E-state index contributed by atoms with van der Waals surface area (Å²) in [6, 6.07) is 0.102. The van der Waals surface area contributed by atoms with Crippen LogP contribution in [0.5, 0.6) is 0 Å². The zero-order valence-corrected chi connectivity index (χ0v) is 22.5. The van der Waals surface area contributed by atoms with E-state index >= 15 is 0 Å². The Morgan fingerprint density at radius 2 is 1.90 bits per heavy atom. The lowest BCUT2D eigenvalue weighted by Gasteiger charge is -2.45. The standard InChI is InChI=1S/C22H41NO3S2Si/c1-11-12-18(26-29(9,10)21(4,5)6)22(7,8)17(24)13-19(25)23-16(15(2)3)14-28-20(23)27/h11-12,15-18,24H,13-14H2,1-10H3/b12-11+/t16-,17?,18?/m0/s1. The highest BCUT2D eigenvalue weighted by atomic mass is 32.2. The number of amides is 1. The Morgan fingerprint density at radius 1 is 1.34 bits per heavy atom. The monoisotopic (exact) mass is 459 g/mol. The lowest BCUT2D eigenvalue weighted by Crippen LogP contribution is -2.51. The van der Waals surface area contributed by atoms with E-state index in [2.05, 4.69) is 47.7 Å². The van der Waals surface area contributed by atoms with E-state index in [0.717, 1.165) is 5.75 Å². The highest BCUT2D eigenvalue weighted by molar-refractivity contribution is 8.23. The van der Waals surface area contributed by atoms with Crippen molar-refractivity contribution in [2.75, 3.05) is 5.75 Å². The smallest absolute Gasteiger partial charge is 0.230 e. The molecule has 1 aliphatic heterocycles. The van der Waals surface area contributed by atoms with Crippen LogP contribution in [0.25, 0.3) is 0 Å². The first-order valence-corrected chi connectivity index (χ1v) is 14.8. The van der Waals surface area contributed by atoms with Crippen LogP contribution in [-0.2, 0) is 9.22 Å². The molecule has 0 aliphatic carbocycles. The van der Waals surface area contributed by atoms with Gasteiger partial charge in [-0.15, -0.1) is 0 Å². The van der Waals surface area contributed by atoms with Crippen LogP contribution in [0, 0.1) is 11.3 Å². The summed E-state index contributed by atoms with van der Waals surface area (Å²) >= 11 is 6.98. The second-order valence-electron chi connectivity index (χ2n) is 10.5. The van der Waals surface area contributed by atoms with E-state index in [9.17, 15) is 9.90 Å². The Bertz CT molecular complexity index is 626. The molecule has 1 heterocycles. The highest BCUT2D eigenvalue weighted by Gasteiger charge is 2.45. The van der Waals surface area contributed by atoms with Gasteiger partial charge in [0.2, 0.25) is 5.91 Å². The van der Waals surface area contributed by atoms with Gasteiger partial charge in [0.25, 0.3) is 0 Å². The molecule has 0 aromatic rings. The molecule has 7 heteroatoms. The number of thiocarbonyl (C=S) groups is 1. The van der Waals surface area contributed by atoms with Crippen molar-refractivity contribution in [2.24, 2.45) is 11.3 Å². The molecular weight excluding hydrogens is 418 g/mol. The molecular formula is C22H41NO3S2Si. The maximum Gasteiger partial charge on any atom is 0.230 e. The van der Waals surface area contributed by atoms with Gasteiger partial charge in [0.05, 0.1) is 18.6 Å². The van der Waals surface area contributed by atoms with Gasteiger partial charge < -0.3 is 9.53 Å². The fraction of sp³-hybridized carbons (Fsp3) is 0.818. The van der Waals surface area contributed by atoms with Crippen molar-refractivity contribution < 1.29 is 14.3 Å². The van der Waals surface area contributed by atoms with Crippen molar-refractivity contribution in [3.8, 4) is 0 Å². The van der Waals surface area contributed by atoms with Gasteiger partial charge in [-0.2, -0.15) is 0 Å². The number of thioether (sulfide) groups is 1. The minimum Gasteiger partial charge on any atom is -0.410 e. The maximum absolute atomic E-state index is 13.1.